The molecule has 1 aromatic carbocycles. The molecule has 0 aliphatic carbocycles. The van der Waals surface area contributed by atoms with Crippen molar-refractivity contribution < 1.29 is 9.53 Å². The van der Waals surface area contributed by atoms with Crippen LogP contribution < -0.4 is 0 Å². The Morgan fingerprint density at radius 3 is 2.43 bits per heavy atom. The molecule has 1 aromatic rings. The van der Waals surface area contributed by atoms with Gasteiger partial charge in [-0.1, -0.05) is 0 Å². The van der Waals surface area contributed by atoms with Crippen LogP contribution in [0.2, 0.25) is 18.1 Å². The van der Waals surface area contributed by atoms with E-state index in [2.05, 4.69) is 69.1 Å². The number of nitrogens with zero attached hydrogens (tertiary/aromatic N) is 1. The summed E-state index contributed by atoms with van der Waals surface area (Å²) in [6.07, 6.45) is 1.24. The van der Waals surface area contributed by atoms with Gasteiger partial charge in [0.05, 0.1) is 0 Å². The molecule has 0 radical (unpaired) electrons. The molecule has 132 valence electrons. The van der Waals surface area contributed by atoms with E-state index in [0.29, 0.717) is 0 Å². The maximum absolute atomic E-state index is 9.86. The molecular formula is C19H34NO2Si-. The van der Waals surface area contributed by atoms with E-state index in [1.807, 2.05) is 0 Å². The van der Waals surface area contributed by atoms with E-state index in [0.717, 1.165) is 26.1 Å². The van der Waals surface area contributed by atoms with Gasteiger partial charge in [0, 0.05) is 0 Å². The first-order valence-electron chi connectivity index (χ1n) is 9.00. The molecule has 0 aromatic heterocycles. The average Bonchev–Trinajstić information content (AvgIpc) is 2.48. The van der Waals surface area contributed by atoms with Crippen LogP contribution >= 0.6 is 0 Å². The van der Waals surface area contributed by atoms with E-state index < -0.39 is 8.32 Å². The van der Waals surface area contributed by atoms with Gasteiger partial charge >= 0.3 is 142 Å². The van der Waals surface area contributed by atoms with Crippen molar-refractivity contribution in [2.45, 2.75) is 58.0 Å². The number of benzene rings is 1. The van der Waals surface area contributed by atoms with E-state index in [1.165, 1.54) is 5.56 Å². The van der Waals surface area contributed by atoms with E-state index in [-0.39, 0.29) is 23.7 Å². The Kier molecular flexibility index (Phi) is 6.06. The van der Waals surface area contributed by atoms with Gasteiger partial charge in [0.15, 0.2) is 0 Å². The number of hydrogen-bond acceptors (Lipinski definition) is 3. The molecule has 0 amide bonds. The van der Waals surface area contributed by atoms with Gasteiger partial charge in [-0.2, -0.15) is 0 Å². The summed E-state index contributed by atoms with van der Waals surface area (Å²) < 4.78 is 6.63. The van der Waals surface area contributed by atoms with Crippen molar-refractivity contribution >= 4 is 8.32 Å². The number of hydrogen-bond donors (Lipinski definition) is 1. The summed E-state index contributed by atoms with van der Waals surface area (Å²) >= 11 is 0. The van der Waals surface area contributed by atoms with Crippen LogP contribution in [0.5, 0.6) is 0 Å². The van der Waals surface area contributed by atoms with Gasteiger partial charge in [-0.05, 0) is 0 Å². The third-order valence-corrected chi connectivity index (χ3v) is 11.0. The van der Waals surface area contributed by atoms with Crippen LogP contribution in [0.3, 0.4) is 0 Å². The van der Waals surface area contributed by atoms with Gasteiger partial charge in [0.2, 0.25) is 0 Å². The summed E-state index contributed by atoms with van der Waals surface area (Å²) in [5.74, 6) is 0.231. The third kappa shape index (κ3) is 4.89. The normalized spacial score (nSPS) is 24.6. The maximum atomic E-state index is 9.86. The zero-order valence-corrected chi connectivity index (χ0v) is 16.6. The minimum absolute atomic E-state index is 0.214. The molecule has 23 heavy (non-hydrogen) atoms. The Morgan fingerprint density at radius 1 is 1.22 bits per heavy atom. The van der Waals surface area contributed by atoms with Crippen LogP contribution in [-0.4, -0.2) is 44.1 Å². The number of piperidine rings is 1. The number of aliphatic hydroxyl groups excluding tert-OH is 1. The zero-order chi connectivity index (χ0) is 17.1. The summed E-state index contributed by atoms with van der Waals surface area (Å²) in [5.41, 5.74) is 1.34. The summed E-state index contributed by atoms with van der Waals surface area (Å²) in [5, 5.41) is 10.1. The molecule has 1 aliphatic heterocycles. The fourth-order valence-corrected chi connectivity index (χ4v) is 4.71. The fraction of sp³-hybridized carbons (Fsp3) is 0.684. The van der Waals surface area contributed by atoms with Gasteiger partial charge in [-0.25, -0.2) is 0 Å². The molecule has 0 bridgehead atoms. The number of rotatable bonds is 5. The summed E-state index contributed by atoms with van der Waals surface area (Å²) in [6.45, 7) is 14.7. The number of likely N-dealkylation sites (tertiary alicyclic amines) is 1. The monoisotopic (exact) mass is 336 g/mol. The second-order valence-electron chi connectivity index (χ2n) is 8.74. The van der Waals surface area contributed by atoms with Crippen LogP contribution in [0, 0.1) is 5.92 Å². The fourth-order valence-electron chi connectivity index (χ4n) is 3.07. The van der Waals surface area contributed by atoms with Crippen LogP contribution in [0.1, 0.15) is 32.8 Å². The molecular weight excluding hydrogens is 302 g/mol. The van der Waals surface area contributed by atoms with E-state index in [1.54, 1.807) is 0 Å². The van der Waals surface area contributed by atoms with Gasteiger partial charge in [0.1, 0.15) is 0 Å². The molecule has 2 atom stereocenters. The van der Waals surface area contributed by atoms with Gasteiger partial charge in [0.25, 0.3) is 0 Å². The van der Waals surface area contributed by atoms with Gasteiger partial charge in [-0.15, -0.1) is 0 Å². The third-order valence-electron chi connectivity index (χ3n) is 5.83. The molecule has 1 saturated heterocycles. The Bertz CT molecular complexity index is 484. The van der Waals surface area contributed by atoms with E-state index >= 15 is 0 Å². The van der Waals surface area contributed by atoms with Crippen LogP contribution in [0.15, 0.2) is 30.3 Å². The van der Waals surface area contributed by atoms with Crippen molar-refractivity contribution in [2.24, 2.45) is 5.92 Å². The molecule has 1 N–H and O–H groups in total. The summed E-state index contributed by atoms with van der Waals surface area (Å²) in [7, 11) is -2.09. The number of aliphatic hydroxyl groups is 1. The zero-order valence-electron chi connectivity index (χ0n) is 15.5. The van der Waals surface area contributed by atoms with Crippen molar-refractivity contribution in [3.05, 3.63) is 35.9 Å². The first-order chi connectivity index (χ1) is 10.7. The quantitative estimate of drug-likeness (QED) is 0.834. The van der Waals surface area contributed by atoms with Crippen molar-refractivity contribution in [1.82, 2.24) is 4.90 Å². The SMILES string of the molecule is CC(C)(C)[SiH-](C)(C)O[C@@H]1CCN(Cc2ccccc2)C[C@H]1CO. The molecule has 3 nitrogen and oxygen atoms in total. The summed E-state index contributed by atoms with van der Waals surface area (Å²) in [6, 6.07) is 10.6. The molecule has 0 spiro atoms. The van der Waals surface area contributed by atoms with Crippen LogP contribution in [0.4, 0.5) is 0 Å². The molecule has 0 unspecified atom stereocenters. The van der Waals surface area contributed by atoms with Crippen molar-refractivity contribution in [1.29, 1.82) is 0 Å². The molecule has 0 saturated carbocycles. The van der Waals surface area contributed by atoms with E-state index in [4.69, 9.17) is 4.43 Å². The average molecular weight is 337 g/mol. The van der Waals surface area contributed by atoms with Gasteiger partial charge < -0.3 is 0 Å². The Labute approximate surface area is 142 Å². The predicted molar refractivity (Wildman–Crippen MR) is 100 cm³/mol. The first-order valence-corrected chi connectivity index (χ1v) is 12.4. The molecule has 1 heterocycles. The molecule has 4 heteroatoms. The molecule has 1 fully saturated rings. The second kappa shape index (κ2) is 7.47. The topological polar surface area (TPSA) is 32.7 Å². The van der Waals surface area contributed by atoms with Crippen LogP contribution in [0.25, 0.3) is 0 Å². The standard InChI is InChI=1S/C19H34NO2Si/c1-19(2,3)23(4,5)22-18-11-12-20(14-17(18)15-21)13-16-9-7-6-8-10-16/h6-10,17-18,21,23H,11-15H2,1-5H3/q-1/t17-,18+/m0/s1. The second-order valence-corrected chi connectivity index (χ2v) is 14.2. The van der Waals surface area contributed by atoms with Gasteiger partial charge in [-0.3, -0.25) is 0 Å². The Morgan fingerprint density at radius 2 is 1.87 bits per heavy atom. The molecule has 1 aliphatic rings. The van der Waals surface area contributed by atoms with Crippen molar-refractivity contribution in [3.8, 4) is 0 Å². The summed E-state index contributed by atoms with van der Waals surface area (Å²) in [4.78, 5) is 2.45. The molecule has 2 rings (SSSR count). The minimum atomic E-state index is -2.09. The van der Waals surface area contributed by atoms with E-state index in [9.17, 15) is 5.11 Å². The first kappa shape index (κ1) is 18.7. The Balaban J connectivity index is 1.96. The van der Waals surface area contributed by atoms with Crippen LogP contribution in [-0.2, 0) is 11.0 Å². The van der Waals surface area contributed by atoms with Crippen molar-refractivity contribution in [2.75, 3.05) is 19.7 Å². The van der Waals surface area contributed by atoms with Crippen molar-refractivity contribution in [3.63, 3.8) is 0 Å². The predicted octanol–water partition coefficient (Wildman–Crippen LogP) is 3.62. The Hall–Kier alpha value is -0.683.